The van der Waals surface area contributed by atoms with Gasteiger partial charge in [-0.25, -0.2) is 15.8 Å². The molecule has 0 spiro atoms. The quantitative estimate of drug-likeness (QED) is 0.431. The minimum atomic E-state index is -0.603. The Balaban J connectivity index is 2.40. The molecule has 9 heteroatoms. The number of ether oxygens (including phenoxy) is 1. The van der Waals surface area contributed by atoms with Gasteiger partial charge in [0.25, 0.3) is 0 Å². The Morgan fingerprint density at radius 2 is 2.05 bits per heavy atom. The van der Waals surface area contributed by atoms with E-state index >= 15 is 0 Å². The predicted molar refractivity (Wildman–Crippen MR) is 77.5 cm³/mol. The van der Waals surface area contributed by atoms with Gasteiger partial charge in [0.2, 0.25) is 11.6 Å². The number of methoxy groups -OCH3 is 1. The molecule has 110 valence electrons. The molecular weight excluding hydrogens is 276 g/mol. The van der Waals surface area contributed by atoms with Crippen molar-refractivity contribution in [2.45, 2.75) is 6.92 Å². The number of aromatic nitrogens is 2. The number of aryl methyl sites for hydroxylation is 1. The molecular formula is C12H14N6O3. The maximum atomic E-state index is 11.1. The van der Waals surface area contributed by atoms with Crippen LogP contribution in [-0.2, 0) is 0 Å². The van der Waals surface area contributed by atoms with Crippen LogP contribution in [-0.4, -0.2) is 22.0 Å². The average molecular weight is 290 g/mol. The van der Waals surface area contributed by atoms with E-state index in [9.17, 15) is 10.1 Å². The lowest BCUT2D eigenvalue weighted by atomic mass is 10.2. The lowest BCUT2D eigenvalue weighted by Gasteiger charge is -2.10. The van der Waals surface area contributed by atoms with Crippen LogP contribution in [0.3, 0.4) is 0 Å². The Labute approximate surface area is 120 Å². The number of hydrogen-bond acceptors (Lipinski definition) is 8. The molecule has 0 bridgehead atoms. The van der Waals surface area contributed by atoms with Crippen molar-refractivity contribution in [3.05, 3.63) is 40.2 Å². The number of anilines is 3. The predicted octanol–water partition coefficient (Wildman–Crippen LogP) is 1.73. The Morgan fingerprint density at radius 3 is 2.62 bits per heavy atom. The SMILES string of the molecule is COc1ccc(Nc2ncnc(NN)c2[N+](=O)[O-])cc1C. The molecule has 0 radical (unpaired) electrons. The monoisotopic (exact) mass is 290 g/mol. The summed E-state index contributed by atoms with van der Waals surface area (Å²) in [5, 5.41) is 14.0. The van der Waals surface area contributed by atoms with Gasteiger partial charge in [-0.2, -0.15) is 0 Å². The molecule has 0 atom stereocenters. The molecule has 2 rings (SSSR count). The summed E-state index contributed by atoms with van der Waals surface area (Å²) >= 11 is 0. The summed E-state index contributed by atoms with van der Waals surface area (Å²) in [6.07, 6.45) is 1.18. The average Bonchev–Trinajstić information content (AvgIpc) is 2.46. The number of nitrogens with one attached hydrogen (secondary N) is 2. The Kier molecular flexibility index (Phi) is 4.14. The van der Waals surface area contributed by atoms with E-state index in [1.807, 2.05) is 6.92 Å². The molecule has 0 saturated heterocycles. The van der Waals surface area contributed by atoms with Crippen LogP contribution >= 0.6 is 0 Å². The number of nitro groups is 1. The van der Waals surface area contributed by atoms with Gasteiger partial charge >= 0.3 is 5.69 Å². The maximum absolute atomic E-state index is 11.1. The van der Waals surface area contributed by atoms with Gasteiger partial charge in [0.15, 0.2) is 0 Å². The van der Waals surface area contributed by atoms with Gasteiger partial charge in [-0.3, -0.25) is 10.1 Å². The van der Waals surface area contributed by atoms with Gasteiger partial charge in [0.1, 0.15) is 12.1 Å². The first kappa shape index (κ1) is 14.5. The highest BCUT2D eigenvalue weighted by atomic mass is 16.6. The first-order valence-electron chi connectivity index (χ1n) is 5.94. The summed E-state index contributed by atoms with van der Waals surface area (Å²) in [6.45, 7) is 1.87. The lowest BCUT2D eigenvalue weighted by molar-refractivity contribution is -0.383. The van der Waals surface area contributed by atoms with E-state index < -0.39 is 4.92 Å². The normalized spacial score (nSPS) is 10.0. The molecule has 0 aliphatic carbocycles. The highest BCUT2D eigenvalue weighted by Crippen LogP contribution is 2.31. The van der Waals surface area contributed by atoms with Crippen molar-refractivity contribution < 1.29 is 9.66 Å². The zero-order valence-corrected chi connectivity index (χ0v) is 11.5. The van der Waals surface area contributed by atoms with Crippen LogP contribution in [0.1, 0.15) is 5.56 Å². The molecule has 21 heavy (non-hydrogen) atoms. The molecule has 0 fully saturated rings. The van der Waals surface area contributed by atoms with Crippen molar-refractivity contribution in [1.29, 1.82) is 0 Å². The van der Waals surface area contributed by atoms with Crippen LogP contribution in [0.5, 0.6) is 5.75 Å². The molecule has 4 N–H and O–H groups in total. The number of hydrazine groups is 1. The first-order chi connectivity index (χ1) is 10.1. The van der Waals surface area contributed by atoms with Crippen molar-refractivity contribution in [1.82, 2.24) is 9.97 Å². The highest BCUT2D eigenvalue weighted by molar-refractivity contribution is 5.73. The fraction of sp³-hybridized carbons (Fsp3) is 0.167. The third-order valence-electron chi connectivity index (χ3n) is 2.80. The fourth-order valence-corrected chi connectivity index (χ4v) is 1.84. The van der Waals surface area contributed by atoms with Gasteiger partial charge in [-0.05, 0) is 30.7 Å². The highest BCUT2D eigenvalue weighted by Gasteiger charge is 2.22. The summed E-state index contributed by atoms with van der Waals surface area (Å²) in [5.41, 5.74) is 3.38. The van der Waals surface area contributed by atoms with E-state index in [1.165, 1.54) is 6.33 Å². The number of hydrogen-bond donors (Lipinski definition) is 3. The van der Waals surface area contributed by atoms with E-state index in [0.29, 0.717) is 5.69 Å². The molecule has 0 saturated carbocycles. The zero-order chi connectivity index (χ0) is 15.4. The molecule has 0 amide bonds. The lowest BCUT2D eigenvalue weighted by Crippen LogP contribution is -2.12. The molecule has 1 aromatic carbocycles. The molecule has 1 heterocycles. The van der Waals surface area contributed by atoms with E-state index in [1.54, 1.807) is 25.3 Å². The molecule has 0 aliphatic heterocycles. The molecule has 9 nitrogen and oxygen atoms in total. The smallest absolute Gasteiger partial charge is 0.354 e. The number of nitrogen functional groups attached to an aromatic ring is 1. The Bertz CT molecular complexity index is 676. The van der Waals surface area contributed by atoms with E-state index in [-0.39, 0.29) is 17.3 Å². The summed E-state index contributed by atoms with van der Waals surface area (Å²) < 4.78 is 5.16. The van der Waals surface area contributed by atoms with Crippen LogP contribution in [0, 0.1) is 17.0 Å². The topological polar surface area (TPSA) is 128 Å². The Morgan fingerprint density at radius 1 is 1.33 bits per heavy atom. The summed E-state index contributed by atoms with van der Waals surface area (Å²) in [6, 6.07) is 5.28. The number of nitrogens with zero attached hydrogens (tertiary/aromatic N) is 3. The molecule has 1 aromatic heterocycles. The molecule has 0 aliphatic rings. The van der Waals surface area contributed by atoms with Gasteiger partial charge < -0.3 is 15.5 Å². The number of nitrogens with two attached hydrogens (primary N) is 1. The van der Waals surface area contributed by atoms with Crippen molar-refractivity contribution in [2.24, 2.45) is 5.84 Å². The maximum Gasteiger partial charge on any atom is 0.354 e. The van der Waals surface area contributed by atoms with Gasteiger partial charge in [-0.15, -0.1) is 0 Å². The largest absolute Gasteiger partial charge is 0.496 e. The van der Waals surface area contributed by atoms with Crippen molar-refractivity contribution >= 4 is 23.0 Å². The molecule has 2 aromatic rings. The summed E-state index contributed by atoms with van der Waals surface area (Å²) in [4.78, 5) is 18.1. The molecule has 0 unspecified atom stereocenters. The van der Waals surface area contributed by atoms with Crippen LogP contribution in [0.25, 0.3) is 0 Å². The van der Waals surface area contributed by atoms with Crippen LogP contribution < -0.4 is 21.3 Å². The first-order valence-corrected chi connectivity index (χ1v) is 5.94. The van der Waals surface area contributed by atoms with E-state index in [4.69, 9.17) is 10.6 Å². The van der Waals surface area contributed by atoms with Crippen LogP contribution in [0.15, 0.2) is 24.5 Å². The second-order valence-corrected chi connectivity index (χ2v) is 4.13. The third kappa shape index (κ3) is 2.98. The van der Waals surface area contributed by atoms with Crippen molar-refractivity contribution in [3.63, 3.8) is 0 Å². The van der Waals surface area contributed by atoms with Gasteiger partial charge in [-0.1, -0.05) is 0 Å². The number of benzene rings is 1. The number of rotatable bonds is 5. The second-order valence-electron chi connectivity index (χ2n) is 4.13. The van der Waals surface area contributed by atoms with Crippen molar-refractivity contribution in [3.8, 4) is 5.75 Å². The van der Waals surface area contributed by atoms with Crippen LogP contribution in [0.4, 0.5) is 23.0 Å². The van der Waals surface area contributed by atoms with Gasteiger partial charge in [0, 0.05) is 5.69 Å². The fourth-order valence-electron chi connectivity index (χ4n) is 1.84. The standard InChI is InChI=1S/C12H14N6O3/c1-7-5-8(3-4-9(7)21-2)16-11-10(18(19)20)12(17-13)15-6-14-11/h3-6H,13H2,1-2H3,(H2,14,15,16,17). The zero-order valence-electron chi connectivity index (χ0n) is 11.5. The minimum Gasteiger partial charge on any atom is -0.496 e. The summed E-state index contributed by atoms with van der Waals surface area (Å²) in [7, 11) is 1.57. The van der Waals surface area contributed by atoms with E-state index in [0.717, 1.165) is 11.3 Å². The summed E-state index contributed by atoms with van der Waals surface area (Å²) in [5.74, 6) is 5.93. The minimum absolute atomic E-state index is 0.0486. The van der Waals surface area contributed by atoms with Crippen molar-refractivity contribution in [2.75, 3.05) is 17.9 Å². The second kappa shape index (κ2) is 6.01. The van der Waals surface area contributed by atoms with E-state index in [2.05, 4.69) is 20.7 Å². The Hall–Kier alpha value is -2.94. The van der Waals surface area contributed by atoms with Gasteiger partial charge in [0.05, 0.1) is 12.0 Å². The van der Waals surface area contributed by atoms with Crippen LogP contribution in [0.2, 0.25) is 0 Å². The third-order valence-corrected chi connectivity index (χ3v) is 2.80.